The maximum absolute atomic E-state index is 11.7. The zero-order valence-electron chi connectivity index (χ0n) is 11.2. The van der Waals surface area contributed by atoms with Gasteiger partial charge in [-0.1, -0.05) is 13.8 Å². The molecule has 0 radical (unpaired) electrons. The quantitative estimate of drug-likeness (QED) is 0.763. The highest BCUT2D eigenvalue weighted by atomic mass is 16.5. The summed E-state index contributed by atoms with van der Waals surface area (Å²) in [5.74, 6) is 1.48. The van der Waals surface area contributed by atoms with Gasteiger partial charge in [-0.3, -0.25) is 4.79 Å². The molecule has 1 fully saturated rings. The number of carbonyl (C=O) groups excluding carboxylic acids is 1. The first-order valence-corrected chi connectivity index (χ1v) is 6.59. The maximum atomic E-state index is 11.7. The highest BCUT2D eigenvalue weighted by Crippen LogP contribution is 2.29. The van der Waals surface area contributed by atoms with Crippen LogP contribution in [0, 0.1) is 11.8 Å². The van der Waals surface area contributed by atoms with Gasteiger partial charge >= 0.3 is 0 Å². The van der Waals surface area contributed by atoms with Crippen LogP contribution in [0.25, 0.3) is 0 Å². The molecule has 1 amide bonds. The number of nitrogens with one attached hydrogen (secondary N) is 1. The van der Waals surface area contributed by atoms with Crippen LogP contribution < -0.4 is 11.1 Å². The predicted molar refractivity (Wildman–Crippen MR) is 68.6 cm³/mol. The van der Waals surface area contributed by atoms with E-state index in [9.17, 15) is 4.79 Å². The lowest BCUT2D eigenvalue weighted by Crippen LogP contribution is -2.48. The zero-order valence-corrected chi connectivity index (χ0v) is 11.2. The molecule has 1 rings (SSSR count). The van der Waals surface area contributed by atoms with Gasteiger partial charge in [-0.2, -0.15) is 0 Å². The fourth-order valence-electron chi connectivity index (χ4n) is 2.49. The summed E-state index contributed by atoms with van der Waals surface area (Å²) in [4.78, 5) is 11.7. The summed E-state index contributed by atoms with van der Waals surface area (Å²) in [6, 6.07) is -0.233. The molecule has 1 aliphatic rings. The standard InChI is InChI=1S/C13H26N2O2/c1-9(2)10-4-6-11(7-5-10)15-13(16)12(14)8-17-3/h9-12H,4-8,14H2,1-3H3,(H,15,16). The molecule has 0 heterocycles. The molecule has 4 nitrogen and oxygen atoms in total. The van der Waals surface area contributed by atoms with Gasteiger partial charge < -0.3 is 15.8 Å². The van der Waals surface area contributed by atoms with Crippen molar-refractivity contribution in [3.8, 4) is 0 Å². The van der Waals surface area contributed by atoms with Gasteiger partial charge in [0.15, 0.2) is 0 Å². The second kappa shape index (κ2) is 6.97. The minimum absolute atomic E-state index is 0.0835. The summed E-state index contributed by atoms with van der Waals surface area (Å²) in [5.41, 5.74) is 5.68. The summed E-state index contributed by atoms with van der Waals surface area (Å²) in [6.07, 6.45) is 4.58. The molecule has 0 saturated heterocycles. The number of amides is 1. The number of hydrogen-bond acceptors (Lipinski definition) is 3. The number of methoxy groups -OCH3 is 1. The first-order valence-electron chi connectivity index (χ1n) is 6.59. The first-order chi connectivity index (χ1) is 8.04. The fraction of sp³-hybridized carbons (Fsp3) is 0.923. The van der Waals surface area contributed by atoms with Crippen molar-refractivity contribution in [2.75, 3.05) is 13.7 Å². The Morgan fingerprint density at radius 3 is 2.41 bits per heavy atom. The zero-order chi connectivity index (χ0) is 12.8. The first kappa shape index (κ1) is 14.5. The van der Waals surface area contributed by atoms with E-state index in [1.807, 2.05) is 0 Å². The van der Waals surface area contributed by atoms with Gasteiger partial charge in [0.2, 0.25) is 5.91 Å². The summed E-state index contributed by atoms with van der Waals surface area (Å²) in [6.45, 7) is 4.84. The van der Waals surface area contributed by atoms with Crippen molar-refractivity contribution in [3.63, 3.8) is 0 Å². The molecule has 1 atom stereocenters. The third-order valence-corrected chi connectivity index (χ3v) is 3.74. The van der Waals surface area contributed by atoms with E-state index in [-0.39, 0.29) is 12.5 Å². The van der Waals surface area contributed by atoms with E-state index in [0.717, 1.165) is 24.7 Å². The molecule has 3 N–H and O–H groups in total. The van der Waals surface area contributed by atoms with Crippen LogP contribution in [-0.2, 0) is 9.53 Å². The van der Waals surface area contributed by atoms with Crippen molar-refractivity contribution in [2.45, 2.75) is 51.6 Å². The predicted octanol–water partition coefficient (Wildman–Crippen LogP) is 1.29. The lowest BCUT2D eigenvalue weighted by Gasteiger charge is -2.31. The monoisotopic (exact) mass is 242 g/mol. The Kier molecular flexibility index (Phi) is 5.92. The molecular formula is C13H26N2O2. The van der Waals surface area contributed by atoms with E-state index in [1.165, 1.54) is 12.8 Å². The molecule has 0 aliphatic heterocycles. The molecule has 4 heteroatoms. The number of rotatable bonds is 5. The molecule has 0 bridgehead atoms. The molecule has 1 unspecified atom stereocenters. The molecule has 17 heavy (non-hydrogen) atoms. The molecule has 100 valence electrons. The third kappa shape index (κ3) is 4.64. The van der Waals surface area contributed by atoms with Gasteiger partial charge in [-0.15, -0.1) is 0 Å². The van der Waals surface area contributed by atoms with Crippen molar-refractivity contribution in [1.29, 1.82) is 0 Å². The Morgan fingerprint density at radius 2 is 1.94 bits per heavy atom. The number of nitrogens with two attached hydrogens (primary N) is 1. The molecule has 0 aromatic rings. The number of ether oxygens (including phenoxy) is 1. The van der Waals surface area contributed by atoms with Crippen LogP contribution in [0.4, 0.5) is 0 Å². The van der Waals surface area contributed by atoms with E-state index in [4.69, 9.17) is 10.5 Å². The second-order valence-electron chi connectivity index (χ2n) is 5.43. The SMILES string of the molecule is COCC(N)C(=O)NC1CCC(C(C)C)CC1. The average Bonchev–Trinajstić information content (AvgIpc) is 2.30. The third-order valence-electron chi connectivity index (χ3n) is 3.74. The van der Waals surface area contributed by atoms with Crippen molar-refractivity contribution in [1.82, 2.24) is 5.32 Å². The van der Waals surface area contributed by atoms with E-state index in [1.54, 1.807) is 7.11 Å². The minimum Gasteiger partial charge on any atom is -0.383 e. The van der Waals surface area contributed by atoms with Gasteiger partial charge in [0.05, 0.1) is 6.61 Å². The van der Waals surface area contributed by atoms with Crippen LogP contribution in [0.15, 0.2) is 0 Å². The van der Waals surface area contributed by atoms with Crippen molar-refractivity contribution >= 4 is 5.91 Å². The average molecular weight is 242 g/mol. The number of hydrogen-bond donors (Lipinski definition) is 2. The van der Waals surface area contributed by atoms with Crippen molar-refractivity contribution in [2.24, 2.45) is 17.6 Å². The van der Waals surface area contributed by atoms with E-state index in [0.29, 0.717) is 6.04 Å². The topological polar surface area (TPSA) is 64.3 Å². The van der Waals surface area contributed by atoms with Gasteiger partial charge in [0.1, 0.15) is 6.04 Å². The Labute approximate surface area is 104 Å². The fourth-order valence-corrected chi connectivity index (χ4v) is 2.49. The highest BCUT2D eigenvalue weighted by Gasteiger charge is 2.25. The Morgan fingerprint density at radius 1 is 1.35 bits per heavy atom. The van der Waals surface area contributed by atoms with Crippen molar-refractivity contribution < 1.29 is 9.53 Å². The molecule has 1 aliphatic carbocycles. The molecule has 1 saturated carbocycles. The molecular weight excluding hydrogens is 216 g/mol. The minimum atomic E-state index is -0.539. The largest absolute Gasteiger partial charge is 0.383 e. The smallest absolute Gasteiger partial charge is 0.239 e. The summed E-state index contributed by atoms with van der Waals surface area (Å²) in [5, 5.41) is 3.02. The Hall–Kier alpha value is -0.610. The highest BCUT2D eigenvalue weighted by molar-refractivity contribution is 5.81. The van der Waals surface area contributed by atoms with Crippen LogP contribution in [-0.4, -0.2) is 31.7 Å². The Bertz CT molecular complexity index is 236. The maximum Gasteiger partial charge on any atom is 0.239 e. The Balaban J connectivity index is 2.28. The molecule has 0 spiro atoms. The van der Waals surface area contributed by atoms with E-state index < -0.39 is 6.04 Å². The van der Waals surface area contributed by atoms with Gasteiger partial charge in [-0.25, -0.2) is 0 Å². The van der Waals surface area contributed by atoms with Crippen LogP contribution in [0.3, 0.4) is 0 Å². The van der Waals surface area contributed by atoms with Crippen LogP contribution in [0.2, 0.25) is 0 Å². The summed E-state index contributed by atoms with van der Waals surface area (Å²) >= 11 is 0. The van der Waals surface area contributed by atoms with E-state index in [2.05, 4.69) is 19.2 Å². The van der Waals surface area contributed by atoms with Crippen LogP contribution >= 0.6 is 0 Å². The lowest BCUT2D eigenvalue weighted by molar-refractivity contribution is -0.124. The second-order valence-corrected chi connectivity index (χ2v) is 5.43. The van der Waals surface area contributed by atoms with Crippen molar-refractivity contribution in [3.05, 3.63) is 0 Å². The van der Waals surface area contributed by atoms with Gasteiger partial charge in [-0.05, 0) is 37.5 Å². The van der Waals surface area contributed by atoms with Crippen LogP contribution in [0.5, 0.6) is 0 Å². The molecule has 0 aromatic carbocycles. The normalized spacial score (nSPS) is 26.9. The summed E-state index contributed by atoms with van der Waals surface area (Å²) in [7, 11) is 1.56. The van der Waals surface area contributed by atoms with Crippen LogP contribution in [0.1, 0.15) is 39.5 Å². The number of carbonyl (C=O) groups is 1. The molecule has 0 aromatic heterocycles. The lowest BCUT2D eigenvalue weighted by atomic mass is 9.79. The van der Waals surface area contributed by atoms with Gasteiger partial charge in [0, 0.05) is 13.2 Å². The summed E-state index contributed by atoms with van der Waals surface area (Å²) < 4.78 is 4.88. The van der Waals surface area contributed by atoms with Gasteiger partial charge in [0.25, 0.3) is 0 Å². The van der Waals surface area contributed by atoms with E-state index >= 15 is 0 Å².